The molecule has 19 nitrogen and oxygen atoms in total. The molecule has 0 saturated carbocycles. The number of pyridine rings is 1. The number of nitrogens with two attached hydrogens (primary N) is 1. The van der Waals surface area contributed by atoms with Gasteiger partial charge in [-0.2, -0.15) is 21.4 Å². The van der Waals surface area contributed by atoms with E-state index in [-0.39, 0.29) is 68.8 Å². The third-order valence-corrected chi connectivity index (χ3v) is 12.1. The minimum atomic E-state index is -4.28. The van der Waals surface area contributed by atoms with Crippen LogP contribution in [0.5, 0.6) is 17.2 Å². The predicted molar refractivity (Wildman–Crippen MR) is 248 cm³/mol. The molecule has 0 aliphatic heterocycles. The van der Waals surface area contributed by atoms with Crippen molar-refractivity contribution in [1.82, 2.24) is 10.2 Å². The van der Waals surface area contributed by atoms with Crippen LogP contribution in [0.2, 0.25) is 0 Å². The first-order chi connectivity index (χ1) is 31.4. The van der Waals surface area contributed by atoms with Crippen LogP contribution in [-0.2, 0) is 45.7 Å². The zero-order valence-corrected chi connectivity index (χ0v) is 40.2. The van der Waals surface area contributed by atoms with Gasteiger partial charge in [-0.15, -0.1) is 0 Å². The number of aromatic nitrogens is 1. The zero-order valence-electron chi connectivity index (χ0n) is 38.6. The Hall–Kier alpha value is -4.55. The van der Waals surface area contributed by atoms with Crippen LogP contribution in [0.25, 0.3) is 21.8 Å². The van der Waals surface area contributed by atoms with Crippen molar-refractivity contribution in [3.05, 3.63) is 70.8 Å². The third-order valence-electron chi connectivity index (χ3n) is 10.5. The van der Waals surface area contributed by atoms with Crippen molar-refractivity contribution in [2.45, 2.75) is 58.3 Å². The second-order valence-corrected chi connectivity index (χ2v) is 19.0. The van der Waals surface area contributed by atoms with Gasteiger partial charge in [0, 0.05) is 59.1 Å². The molecule has 0 fully saturated rings. The number of hydrogen-bond donors (Lipinski definition) is 4. The molecule has 4 aromatic rings. The summed E-state index contributed by atoms with van der Waals surface area (Å²) in [4.78, 5) is 30.3. The van der Waals surface area contributed by atoms with E-state index in [0.717, 1.165) is 0 Å². The molecule has 0 radical (unpaired) electrons. The van der Waals surface area contributed by atoms with Gasteiger partial charge in [0.1, 0.15) is 29.5 Å². The van der Waals surface area contributed by atoms with Crippen LogP contribution in [0, 0.1) is 13.8 Å². The Morgan fingerprint density at radius 3 is 1.64 bits per heavy atom. The van der Waals surface area contributed by atoms with Gasteiger partial charge in [0.25, 0.3) is 26.1 Å². The number of amides is 1. The number of nitrogens with one attached hydrogen (secondary N) is 1. The molecule has 0 atom stereocenters. The number of methoxy groups -OCH3 is 4. The standard InChI is InChI=1S/C45H64N4O15S2/c1-31-23-33(44(50)47-16-8-18-48(17-7-15-46)19-9-21-65(52,53)54)24-32(2)43(31)64-45(51)42-38-25-34(62-36(27-58-3)28-59-4)11-13-40(38)49(20-10-22-66(55,56)57)41-14-12-35(26-39(41)42)63-37(29-60-5)30-61-6/h11-14,23-26,36-37H,7-10,15-22,27-30,46H2,1-6H3,(H2-,47,50,52,53,54,55,56,57)/p+1. The van der Waals surface area contributed by atoms with E-state index >= 15 is 0 Å². The van der Waals surface area contributed by atoms with E-state index in [1.165, 1.54) is 0 Å². The third kappa shape index (κ3) is 16.6. The Morgan fingerprint density at radius 1 is 0.697 bits per heavy atom. The van der Waals surface area contributed by atoms with Crippen LogP contribution in [0.4, 0.5) is 0 Å². The lowest BCUT2D eigenvalue weighted by molar-refractivity contribution is -0.645. The lowest BCUT2D eigenvalue weighted by atomic mass is 10.0. The molecule has 66 heavy (non-hydrogen) atoms. The lowest BCUT2D eigenvalue weighted by Gasteiger charge is -2.22. The maximum absolute atomic E-state index is 14.9. The van der Waals surface area contributed by atoms with Crippen LogP contribution in [0.3, 0.4) is 0 Å². The summed E-state index contributed by atoms with van der Waals surface area (Å²) in [5.74, 6) is -0.899. The van der Waals surface area contributed by atoms with Gasteiger partial charge >= 0.3 is 5.97 Å². The van der Waals surface area contributed by atoms with Crippen LogP contribution in [-0.4, -0.2) is 154 Å². The molecule has 1 heterocycles. The summed E-state index contributed by atoms with van der Waals surface area (Å²) in [6.07, 6.45) is 0.595. The summed E-state index contributed by atoms with van der Waals surface area (Å²) in [5, 5.41) is 3.73. The fraction of sp³-hybridized carbons (Fsp3) is 0.533. The minimum absolute atomic E-state index is 0.0483. The zero-order chi connectivity index (χ0) is 48.4. The highest BCUT2D eigenvalue weighted by Crippen LogP contribution is 2.34. The van der Waals surface area contributed by atoms with E-state index in [1.807, 2.05) is 9.47 Å². The number of benzene rings is 3. The maximum atomic E-state index is 14.9. The monoisotopic (exact) mass is 965 g/mol. The van der Waals surface area contributed by atoms with Crippen LogP contribution in [0.1, 0.15) is 57.5 Å². The highest BCUT2D eigenvalue weighted by Gasteiger charge is 2.29. The van der Waals surface area contributed by atoms with Crippen LogP contribution in [0.15, 0.2) is 48.5 Å². The number of aryl methyl sites for hydroxylation is 3. The molecule has 4 rings (SSSR count). The van der Waals surface area contributed by atoms with E-state index < -0.39 is 44.2 Å². The molecule has 0 aliphatic carbocycles. The Kier molecular flexibility index (Phi) is 21.4. The summed E-state index contributed by atoms with van der Waals surface area (Å²) in [7, 11) is -2.19. The Labute approximate surface area is 387 Å². The van der Waals surface area contributed by atoms with E-state index in [1.54, 1.807) is 90.8 Å². The SMILES string of the molecule is COCC(COC)Oc1ccc2c(c1)c(C(=O)Oc1c(C)cc(C(=O)NCCCN(CCCN)CCCS(=O)(=O)O)cc1C)c1cc(OC(COC)COC)ccc1[n+]2CCCS(=O)(=O)O. The van der Waals surface area contributed by atoms with Gasteiger partial charge in [-0.05, 0) is 107 Å². The smallest absolute Gasteiger partial charge is 0.345 e. The van der Waals surface area contributed by atoms with Gasteiger partial charge in [0.2, 0.25) is 11.0 Å². The van der Waals surface area contributed by atoms with Crippen LogP contribution < -0.4 is 29.8 Å². The van der Waals surface area contributed by atoms with Gasteiger partial charge in [0.15, 0.2) is 6.54 Å². The second kappa shape index (κ2) is 26.1. The topological polar surface area (TPSA) is 253 Å². The fourth-order valence-electron chi connectivity index (χ4n) is 7.66. The summed E-state index contributed by atoms with van der Waals surface area (Å²) < 4.78 is 107. The average Bonchev–Trinajstić information content (AvgIpc) is 3.24. The van der Waals surface area contributed by atoms with Crippen molar-refractivity contribution < 1.29 is 73.3 Å². The number of esters is 1. The number of carbonyl (C=O) groups is 2. The highest BCUT2D eigenvalue weighted by atomic mass is 32.2. The van der Waals surface area contributed by atoms with Gasteiger partial charge < -0.3 is 49.1 Å². The normalized spacial score (nSPS) is 12.2. The van der Waals surface area contributed by atoms with Gasteiger partial charge in [-0.3, -0.25) is 13.9 Å². The van der Waals surface area contributed by atoms with Crippen LogP contribution >= 0.6 is 0 Å². The summed E-state index contributed by atoms with van der Waals surface area (Å²) in [6.45, 7) is 6.92. The number of rotatable bonds is 30. The van der Waals surface area contributed by atoms with Crippen molar-refractivity contribution in [2.24, 2.45) is 5.73 Å². The summed E-state index contributed by atoms with van der Waals surface area (Å²) >= 11 is 0. The summed E-state index contributed by atoms with van der Waals surface area (Å²) in [6, 6.07) is 13.6. The molecular formula is C45H65N4O15S2+. The van der Waals surface area contributed by atoms with E-state index in [2.05, 4.69) is 5.32 Å². The molecule has 1 aromatic heterocycles. The predicted octanol–water partition coefficient (Wildman–Crippen LogP) is 3.52. The van der Waals surface area contributed by atoms with Crippen molar-refractivity contribution in [3.63, 3.8) is 0 Å². The Morgan fingerprint density at radius 2 is 1.17 bits per heavy atom. The Bertz CT molecular complexity index is 2360. The molecular weight excluding hydrogens is 901 g/mol. The van der Waals surface area contributed by atoms with E-state index in [0.29, 0.717) is 95.6 Å². The fourth-order valence-corrected chi connectivity index (χ4v) is 8.65. The number of hydrogen-bond acceptors (Lipinski definition) is 15. The largest absolute Gasteiger partial charge is 0.486 e. The molecule has 0 unspecified atom stereocenters. The van der Waals surface area contributed by atoms with Crippen molar-refractivity contribution in [1.29, 1.82) is 0 Å². The molecule has 366 valence electrons. The number of fused-ring (bicyclic) bond motifs is 2. The van der Waals surface area contributed by atoms with E-state index in [4.69, 9.17) is 43.4 Å². The average molecular weight is 966 g/mol. The quantitative estimate of drug-likeness (QED) is 0.0146. The highest BCUT2D eigenvalue weighted by molar-refractivity contribution is 7.86. The molecule has 0 aliphatic rings. The molecule has 0 spiro atoms. The van der Waals surface area contributed by atoms with Crippen molar-refractivity contribution >= 4 is 53.9 Å². The first-order valence-corrected chi connectivity index (χ1v) is 24.8. The minimum Gasteiger partial charge on any atom is -0.486 e. The molecule has 3 aromatic carbocycles. The molecule has 0 bridgehead atoms. The first kappa shape index (κ1) is 54.1. The number of carbonyl (C=O) groups excluding carboxylic acids is 2. The molecule has 5 N–H and O–H groups in total. The van der Waals surface area contributed by atoms with Crippen molar-refractivity contribution in [3.8, 4) is 17.2 Å². The van der Waals surface area contributed by atoms with E-state index in [9.17, 15) is 31.0 Å². The summed E-state index contributed by atoms with van der Waals surface area (Å²) in [5.41, 5.74) is 8.29. The maximum Gasteiger partial charge on any atom is 0.345 e. The van der Waals surface area contributed by atoms with Gasteiger partial charge in [-0.25, -0.2) is 4.79 Å². The van der Waals surface area contributed by atoms with Gasteiger partial charge in [0.05, 0.1) is 54.3 Å². The molecule has 21 heteroatoms. The van der Waals surface area contributed by atoms with Gasteiger partial charge in [-0.1, -0.05) is 0 Å². The number of ether oxygens (including phenoxy) is 7. The molecule has 0 saturated heterocycles. The molecule has 1 amide bonds. The second-order valence-electron chi connectivity index (χ2n) is 15.9. The first-order valence-electron chi connectivity index (χ1n) is 21.6. The lowest BCUT2D eigenvalue weighted by Crippen LogP contribution is -2.37. The van der Waals surface area contributed by atoms with Crippen molar-refractivity contribution in [2.75, 3.05) is 99.1 Å². The number of nitrogens with zero attached hydrogens (tertiary/aromatic N) is 2. The Balaban J connectivity index is 1.74.